The van der Waals surface area contributed by atoms with Crippen LogP contribution in [0.5, 0.6) is 5.75 Å². The van der Waals surface area contributed by atoms with Gasteiger partial charge in [-0.25, -0.2) is 0 Å². The van der Waals surface area contributed by atoms with Crippen molar-refractivity contribution in [2.24, 2.45) is 0 Å². The van der Waals surface area contributed by atoms with Crippen LogP contribution >= 0.6 is 31.9 Å². The number of carbonyl (C=O) groups is 1. The van der Waals surface area contributed by atoms with E-state index >= 15 is 0 Å². The molecule has 4 nitrogen and oxygen atoms in total. The number of hydrogen-bond donors (Lipinski definition) is 2. The van der Waals surface area contributed by atoms with Crippen LogP contribution in [0.2, 0.25) is 0 Å². The van der Waals surface area contributed by atoms with Crippen molar-refractivity contribution < 1.29 is 27.5 Å². The fraction of sp³-hybridized carbons (Fsp3) is 0.278. The zero-order valence-corrected chi connectivity index (χ0v) is 17.1. The molecular formula is C18H12Br2F4N2O2. The first-order chi connectivity index (χ1) is 13.0. The highest BCUT2D eigenvalue weighted by Gasteiger charge is 2.68. The van der Waals surface area contributed by atoms with Crippen LogP contribution in [-0.2, 0) is 10.3 Å². The monoisotopic (exact) mass is 522 g/mol. The Labute approximate surface area is 173 Å². The average Bonchev–Trinajstić information content (AvgIpc) is 2.99. The Morgan fingerprint density at radius 3 is 2.14 bits per heavy atom. The van der Waals surface area contributed by atoms with Crippen molar-refractivity contribution in [1.29, 1.82) is 0 Å². The molecule has 2 aliphatic rings. The van der Waals surface area contributed by atoms with E-state index in [4.69, 9.17) is 0 Å². The van der Waals surface area contributed by atoms with Crippen LogP contribution < -0.4 is 5.32 Å². The van der Waals surface area contributed by atoms with Gasteiger partial charge in [-0.15, -0.1) is 0 Å². The summed E-state index contributed by atoms with van der Waals surface area (Å²) in [5.74, 6) is -9.41. The van der Waals surface area contributed by atoms with Gasteiger partial charge in [-0.3, -0.25) is 9.69 Å². The van der Waals surface area contributed by atoms with E-state index in [1.54, 1.807) is 12.1 Å². The second-order valence-corrected chi connectivity index (χ2v) is 8.56. The summed E-state index contributed by atoms with van der Waals surface area (Å²) < 4.78 is 57.2. The summed E-state index contributed by atoms with van der Waals surface area (Å²) in [6, 6.07) is 8.49. The van der Waals surface area contributed by atoms with Crippen LogP contribution in [0.1, 0.15) is 11.1 Å². The second kappa shape index (κ2) is 6.17. The normalized spacial score (nSPS) is 25.6. The highest BCUT2D eigenvalue weighted by atomic mass is 79.9. The maximum atomic E-state index is 14.1. The zero-order chi connectivity index (χ0) is 20.5. The molecule has 0 saturated carbocycles. The summed E-state index contributed by atoms with van der Waals surface area (Å²) in [4.78, 5) is 14.0. The molecule has 28 heavy (non-hydrogen) atoms. The quantitative estimate of drug-likeness (QED) is 0.561. The molecule has 1 saturated heterocycles. The van der Waals surface area contributed by atoms with E-state index in [2.05, 4.69) is 37.2 Å². The lowest BCUT2D eigenvalue weighted by Crippen LogP contribution is -2.51. The standard InChI is InChI=1S/C18H12Br2F4N2O2/c19-10-5-12-14(13(20)6-10)25-15(28)18(12,9-1-3-11(27)4-2-9)26-7-16(21,22)17(23,24)8-26/h1-6,27H,7-8H2,(H,25,28). The highest BCUT2D eigenvalue weighted by molar-refractivity contribution is 9.11. The predicted octanol–water partition coefficient (Wildman–Crippen LogP) is 4.70. The Kier molecular flexibility index (Phi) is 4.33. The molecule has 0 bridgehead atoms. The Balaban J connectivity index is 2.01. The number of phenols is 1. The van der Waals surface area contributed by atoms with Crippen LogP contribution in [0.4, 0.5) is 23.2 Å². The van der Waals surface area contributed by atoms with Crippen LogP contribution in [0.15, 0.2) is 45.3 Å². The smallest absolute Gasteiger partial charge is 0.323 e. The van der Waals surface area contributed by atoms with Gasteiger partial charge in [0.25, 0.3) is 5.91 Å². The van der Waals surface area contributed by atoms with Gasteiger partial charge in [0.2, 0.25) is 0 Å². The molecule has 1 unspecified atom stereocenters. The van der Waals surface area contributed by atoms with Crippen molar-refractivity contribution in [3.8, 4) is 5.75 Å². The van der Waals surface area contributed by atoms with E-state index in [1.165, 1.54) is 24.3 Å². The Hall–Kier alpha value is -1.65. The number of aromatic hydroxyl groups is 1. The van der Waals surface area contributed by atoms with Crippen LogP contribution in [0, 0.1) is 0 Å². The molecule has 2 aromatic carbocycles. The molecule has 0 radical (unpaired) electrons. The number of amides is 1. The minimum absolute atomic E-state index is 0.106. The highest BCUT2D eigenvalue weighted by Crippen LogP contribution is 2.53. The fourth-order valence-electron chi connectivity index (χ4n) is 3.80. The van der Waals surface area contributed by atoms with Gasteiger partial charge in [-0.05, 0) is 45.8 Å². The van der Waals surface area contributed by atoms with Crippen molar-refractivity contribution in [2.75, 3.05) is 18.4 Å². The van der Waals surface area contributed by atoms with Crippen LogP contribution in [0.3, 0.4) is 0 Å². The van der Waals surface area contributed by atoms with E-state index in [9.17, 15) is 27.5 Å². The summed E-state index contributed by atoms with van der Waals surface area (Å²) in [5.41, 5.74) is -1.13. The van der Waals surface area contributed by atoms with Gasteiger partial charge >= 0.3 is 11.8 Å². The number of halogens is 6. The van der Waals surface area contributed by atoms with Gasteiger partial charge in [0.15, 0.2) is 5.54 Å². The maximum absolute atomic E-state index is 14.1. The number of hydrogen-bond acceptors (Lipinski definition) is 3. The molecule has 2 aliphatic heterocycles. The number of nitrogens with one attached hydrogen (secondary N) is 1. The Morgan fingerprint density at radius 1 is 1.00 bits per heavy atom. The molecule has 0 spiro atoms. The third-order valence-corrected chi connectivity index (χ3v) is 6.17. The van der Waals surface area contributed by atoms with Gasteiger partial charge in [0.05, 0.1) is 18.8 Å². The van der Waals surface area contributed by atoms with Gasteiger partial charge in [0.1, 0.15) is 5.75 Å². The number of anilines is 1. The number of carbonyl (C=O) groups excluding carboxylic acids is 1. The van der Waals surface area contributed by atoms with E-state index in [1.807, 2.05) is 0 Å². The third-order valence-electron chi connectivity index (χ3n) is 5.09. The first kappa shape index (κ1) is 19.7. The maximum Gasteiger partial charge on any atom is 0.323 e. The van der Waals surface area contributed by atoms with Gasteiger partial charge in [-0.2, -0.15) is 17.6 Å². The largest absolute Gasteiger partial charge is 0.508 e. The lowest BCUT2D eigenvalue weighted by molar-refractivity contribution is -0.172. The Bertz CT molecular complexity index is 968. The minimum atomic E-state index is -4.29. The molecule has 4 rings (SSSR count). The van der Waals surface area contributed by atoms with E-state index in [-0.39, 0.29) is 16.9 Å². The molecule has 1 atom stereocenters. The summed E-state index contributed by atoms with van der Waals surface area (Å²) in [5, 5.41) is 12.2. The number of rotatable bonds is 2. The molecule has 2 N–H and O–H groups in total. The molecule has 1 fully saturated rings. The second-order valence-electron chi connectivity index (χ2n) is 6.79. The number of alkyl halides is 4. The SMILES string of the molecule is O=C1Nc2c(Br)cc(Br)cc2C1(c1ccc(O)cc1)N1CC(F)(F)C(F)(F)C1. The fourth-order valence-corrected chi connectivity index (χ4v) is 5.13. The summed E-state index contributed by atoms with van der Waals surface area (Å²) >= 11 is 6.62. The summed E-state index contributed by atoms with van der Waals surface area (Å²) in [7, 11) is 0. The van der Waals surface area contributed by atoms with Crippen LogP contribution in [0.25, 0.3) is 0 Å². The zero-order valence-electron chi connectivity index (χ0n) is 13.9. The van der Waals surface area contributed by atoms with E-state index < -0.39 is 36.4 Å². The van der Waals surface area contributed by atoms with Crippen molar-refractivity contribution in [3.63, 3.8) is 0 Å². The van der Waals surface area contributed by atoms with Crippen molar-refractivity contribution >= 4 is 43.5 Å². The molecule has 2 heterocycles. The minimum Gasteiger partial charge on any atom is -0.508 e. The van der Waals surface area contributed by atoms with Crippen molar-refractivity contribution in [1.82, 2.24) is 4.90 Å². The number of fused-ring (bicyclic) bond motifs is 1. The Morgan fingerprint density at radius 2 is 1.57 bits per heavy atom. The lowest BCUT2D eigenvalue weighted by atomic mass is 9.82. The number of benzene rings is 2. The number of nitrogens with zero attached hydrogens (tertiary/aromatic N) is 1. The molecule has 1 amide bonds. The molecule has 10 heteroatoms. The average molecular weight is 524 g/mol. The predicted molar refractivity (Wildman–Crippen MR) is 101 cm³/mol. The first-order valence-electron chi connectivity index (χ1n) is 8.10. The van der Waals surface area contributed by atoms with E-state index in [0.29, 0.717) is 14.6 Å². The first-order valence-corrected chi connectivity index (χ1v) is 9.69. The molecular weight excluding hydrogens is 512 g/mol. The molecule has 148 valence electrons. The molecule has 0 aliphatic carbocycles. The lowest BCUT2D eigenvalue weighted by Gasteiger charge is -2.37. The van der Waals surface area contributed by atoms with Gasteiger partial charge < -0.3 is 10.4 Å². The third kappa shape index (κ3) is 2.61. The van der Waals surface area contributed by atoms with Gasteiger partial charge in [-0.1, -0.05) is 28.1 Å². The topological polar surface area (TPSA) is 52.6 Å². The van der Waals surface area contributed by atoms with Gasteiger partial charge in [0, 0.05) is 14.5 Å². The molecule has 0 aromatic heterocycles. The summed E-state index contributed by atoms with van der Waals surface area (Å²) in [6.07, 6.45) is 0. The van der Waals surface area contributed by atoms with Crippen molar-refractivity contribution in [2.45, 2.75) is 17.4 Å². The van der Waals surface area contributed by atoms with E-state index in [0.717, 1.165) is 4.90 Å². The summed E-state index contributed by atoms with van der Waals surface area (Å²) in [6.45, 7) is -2.59. The molecule has 2 aromatic rings. The van der Waals surface area contributed by atoms with Crippen LogP contribution in [-0.4, -0.2) is 40.8 Å². The number of likely N-dealkylation sites (tertiary alicyclic amines) is 1. The van der Waals surface area contributed by atoms with Crippen molar-refractivity contribution in [3.05, 3.63) is 56.5 Å². The number of phenolic OH excluding ortho intramolecular Hbond substituents is 1.